The Balaban J connectivity index is 1.56. The Labute approximate surface area is 174 Å². The Morgan fingerprint density at radius 2 is 1.59 bits per heavy atom. The van der Waals surface area contributed by atoms with Crippen LogP contribution >= 0.6 is 11.6 Å². The van der Waals surface area contributed by atoms with E-state index in [0.717, 1.165) is 40.0 Å². The largest absolute Gasteiger partial charge is 0.325 e. The lowest BCUT2D eigenvalue weighted by atomic mass is 10.1. The van der Waals surface area contributed by atoms with Gasteiger partial charge in [0.15, 0.2) is 0 Å². The highest BCUT2D eigenvalue weighted by Gasteiger charge is 2.11. The first-order chi connectivity index (χ1) is 14.0. The predicted molar refractivity (Wildman–Crippen MR) is 117 cm³/mol. The lowest BCUT2D eigenvalue weighted by Gasteiger charge is -2.08. The highest BCUT2D eigenvalue weighted by atomic mass is 35.5. The Kier molecular flexibility index (Phi) is 5.32. The van der Waals surface area contributed by atoms with E-state index in [-0.39, 0.29) is 12.3 Å². The molecule has 1 N–H and O–H groups in total. The molecule has 0 atom stereocenters. The average Bonchev–Trinajstić information content (AvgIpc) is 3.12. The SMILES string of the molecule is CCc1ccc(-n2nc3cc(C)c(NC(=O)Cc4ccc(Cl)cc4)cc3n2)cc1. The zero-order valence-corrected chi connectivity index (χ0v) is 17.1. The Bertz CT molecular complexity index is 1160. The van der Waals surface area contributed by atoms with Crippen molar-refractivity contribution in [3.63, 3.8) is 0 Å². The number of carbonyl (C=O) groups excluding carboxylic acids is 1. The second-order valence-corrected chi connectivity index (χ2v) is 7.45. The number of rotatable bonds is 5. The second kappa shape index (κ2) is 8.05. The van der Waals surface area contributed by atoms with E-state index in [0.29, 0.717) is 5.02 Å². The van der Waals surface area contributed by atoms with Crippen LogP contribution in [0.4, 0.5) is 5.69 Å². The number of nitrogens with zero attached hydrogens (tertiary/aromatic N) is 3. The molecule has 0 saturated heterocycles. The third-order valence-corrected chi connectivity index (χ3v) is 5.11. The number of aromatic nitrogens is 3. The predicted octanol–water partition coefficient (Wildman–Crippen LogP) is 5.13. The van der Waals surface area contributed by atoms with Crippen LogP contribution < -0.4 is 5.32 Å². The number of anilines is 1. The zero-order chi connectivity index (χ0) is 20.4. The van der Waals surface area contributed by atoms with Gasteiger partial charge in [0.2, 0.25) is 5.91 Å². The first-order valence-electron chi connectivity index (χ1n) is 9.53. The van der Waals surface area contributed by atoms with Crippen molar-refractivity contribution < 1.29 is 4.79 Å². The normalized spacial score (nSPS) is 11.0. The number of hydrogen-bond donors (Lipinski definition) is 1. The number of fused-ring (bicyclic) bond motifs is 1. The van der Waals surface area contributed by atoms with Crippen molar-refractivity contribution in [2.24, 2.45) is 0 Å². The van der Waals surface area contributed by atoms with Crippen LogP contribution in [-0.4, -0.2) is 20.9 Å². The van der Waals surface area contributed by atoms with Crippen LogP contribution in [0.15, 0.2) is 60.7 Å². The molecule has 5 nitrogen and oxygen atoms in total. The first kappa shape index (κ1) is 19.2. The van der Waals surface area contributed by atoms with E-state index in [2.05, 4.69) is 34.6 Å². The molecule has 0 radical (unpaired) electrons. The third kappa shape index (κ3) is 4.30. The second-order valence-electron chi connectivity index (χ2n) is 7.02. The fourth-order valence-electron chi connectivity index (χ4n) is 3.17. The summed E-state index contributed by atoms with van der Waals surface area (Å²) in [6.45, 7) is 4.08. The highest BCUT2D eigenvalue weighted by molar-refractivity contribution is 6.30. The van der Waals surface area contributed by atoms with Gasteiger partial charge >= 0.3 is 0 Å². The minimum absolute atomic E-state index is 0.0858. The van der Waals surface area contributed by atoms with Crippen molar-refractivity contribution in [2.45, 2.75) is 26.7 Å². The van der Waals surface area contributed by atoms with Crippen LogP contribution in [-0.2, 0) is 17.6 Å². The zero-order valence-electron chi connectivity index (χ0n) is 16.3. The van der Waals surface area contributed by atoms with Gasteiger partial charge in [-0.1, -0.05) is 42.8 Å². The van der Waals surface area contributed by atoms with E-state index in [1.54, 1.807) is 16.9 Å². The van der Waals surface area contributed by atoms with Gasteiger partial charge in [0.25, 0.3) is 0 Å². The summed E-state index contributed by atoms with van der Waals surface area (Å²) in [5.41, 5.74) is 6.29. The fourth-order valence-corrected chi connectivity index (χ4v) is 3.29. The molecule has 1 amide bonds. The molecule has 3 aromatic carbocycles. The summed E-state index contributed by atoms with van der Waals surface area (Å²) in [5.74, 6) is -0.0858. The lowest BCUT2D eigenvalue weighted by molar-refractivity contribution is -0.115. The molecular formula is C23H21ClN4O. The van der Waals surface area contributed by atoms with E-state index in [1.807, 2.05) is 43.3 Å². The number of amides is 1. The van der Waals surface area contributed by atoms with Gasteiger partial charge < -0.3 is 5.32 Å². The van der Waals surface area contributed by atoms with Crippen LogP contribution in [0.5, 0.6) is 0 Å². The average molecular weight is 405 g/mol. The summed E-state index contributed by atoms with van der Waals surface area (Å²) in [7, 11) is 0. The number of hydrogen-bond acceptors (Lipinski definition) is 3. The quantitative estimate of drug-likeness (QED) is 0.501. The summed E-state index contributed by atoms with van der Waals surface area (Å²) in [4.78, 5) is 14.1. The molecule has 0 aliphatic carbocycles. The van der Waals surface area contributed by atoms with E-state index in [9.17, 15) is 4.79 Å². The Morgan fingerprint density at radius 1 is 0.966 bits per heavy atom. The summed E-state index contributed by atoms with van der Waals surface area (Å²) in [6.07, 6.45) is 1.28. The van der Waals surface area contributed by atoms with Crippen molar-refractivity contribution in [3.8, 4) is 5.69 Å². The molecule has 0 fully saturated rings. The van der Waals surface area contributed by atoms with E-state index < -0.39 is 0 Å². The molecule has 4 aromatic rings. The lowest BCUT2D eigenvalue weighted by Crippen LogP contribution is -2.15. The molecule has 0 spiro atoms. The van der Waals surface area contributed by atoms with Crippen LogP contribution in [0.1, 0.15) is 23.6 Å². The maximum atomic E-state index is 12.5. The highest BCUT2D eigenvalue weighted by Crippen LogP contribution is 2.23. The maximum absolute atomic E-state index is 12.5. The molecule has 6 heteroatoms. The van der Waals surface area contributed by atoms with E-state index in [4.69, 9.17) is 11.6 Å². The minimum atomic E-state index is -0.0858. The molecule has 0 bridgehead atoms. The molecule has 0 unspecified atom stereocenters. The van der Waals surface area contributed by atoms with Crippen LogP contribution in [0.2, 0.25) is 5.02 Å². The molecule has 0 aliphatic heterocycles. The van der Waals surface area contributed by atoms with Gasteiger partial charge in [-0.3, -0.25) is 4.79 Å². The fraction of sp³-hybridized carbons (Fsp3) is 0.174. The number of aryl methyl sites for hydroxylation is 2. The van der Waals surface area contributed by atoms with Crippen molar-refractivity contribution in [2.75, 3.05) is 5.32 Å². The number of nitrogens with one attached hydrogen (secondary N) is 1. The van der Waals surface area contributed by atoms with Gasteiger partial charge in [0.05, 0.1) is 12.1 Å². The van der Waals surface area contributed by atoms with Gasteiger partial charge in [-0.25, -0.2) is 0 Å². The van der Waals surface area contributed by atoms with Crippen molar-refractivity contribution in [3.05, 3.63) is 82.4 Å². The van der Waals surface area contributed by atoms with Gasteiger partial charge in [0.1, 0.15) is 11.0 Å². The van der Waals surface area contributed by atoms with E-state index >= 15 is 0 Å². The minimum Gasteiger partial charge on any atom is -0.325 e. The topological polar surface area (TPSA) is 59.8 Å². The smallest absolute Gasteiger partial charge is 0.228 e. The monoisotopic (exact) mass is 404 g/mol. The maximum Gasteiger partial charge on any atom is 0.228 e. The van der Waals surface area contributed by atoms with Crippen LogP contribution in [0.25, 0.3) is 16.7 Å². The number of halogens is 1. The summed E-state index contributed by atoms with van der Waals surface area (Å²) < 4.78 is 0. The first-order valence-corrected chi connectivity index (χ1v) is 9.91. The molecule has 1 aromatic heterocycles. The van der Waals surface area contributed by atoms with Crippen molar-refractivity contribution >= 4 is 34.2 Å². The molecular weight excluding hydrogens is 384 g/mol. The van der Waals surface area contributed by atoms with Gasteiger partial charge in [-0.2, -0.15) is 4.80 Å². The molecule has 146 valence electrons. The Morgan fingerprint density at radius 3 is 2.24 bits per heavy atom. The Hall–Kier alpha value is -3.18. The van der Waals surface area contributed by atoms with Crippen LogP contribution in [0.3, 0.4) is 0 Å². The standard InChI is InChI=1S/C23H21ClN4O/c1-3-16-6-10-19(11-7-16)28-26-21-12-15(2)20(14-22(21)27-28)25-23(29)13-17-4-8-18(24)9-5-17/h4-12,14H,3,13H2,1-2H3,(H,25,29). The van der Waals surface area contributed by atoms with Crippen LogP contribution in [0, 0.1) is 6.92 Å². The van der Waals surface area contributed by atoms with E-state index in [1.165, 1.54) is 5.56 Å². The number of benzene rings is 3. The summed E-state index contributed by atoms with van der Waals surface area (Å²) >= 11 is 5.90. The van der Waals surface area contributed by atoms with Gasteiger partial charge in [-0.05, 0) is 66.4 Å². The van der Waals surface area contributed by atoms with Gasteiger partial charge in [-0.15, -0.1) is 10.2 Å². The van der Waals surface area contributed by atoms with Crippen molar-refractivity contribution in [1.82, 2.24) is 15.0 Å². The molecule has 1 heterocycles. The molecule has 0 aliphatic rings. The van der Waals surface area contributed by atoms with Gasteiger partial charge in [0, 0.05) is 10.7 Å². The third-order valence-electron chi connectivity index (χ3n) is 4.85. The number of carbonyl (C=O) groups is 1. The molecule has 4 rings (SSSR count). The molecule has 0 saturated carbocycles. The van der Waals surface area contributed by atoms with Crippen molar-refractivity contribution in [1.29, 1.82) is 0 Å². The molecule has 29 heavy (non-hydrogen) atoms. The summed E-state index contributed by atoms with van der Waals surface area (Å²) in [5, 5.41) is 12.8. The summed E-state index contributed by atoms with van der Waals surface area (Å²) in [6, 6.07) is 19.3.